The number of β-lactam (4-membered cyclic amide) rings is 1. The van der Waals surface area contributed by atoms with Crippen molar-refractivity contribution in [1.82, 2.24) is 15.5 Å². The summed E-state index contributed by atoms with van der Waals surface area (Å²) >= 11 is 1.30. The predicted octanol–water partition coefficient (Wildman–Crippen LogP) is 2.38. The summed E-state index contributed by atoms with van der Waals surface area (Å²) in [5.41, 5.74) is -1.63. The smallest absolute Gasteiger partial charge is 0.408 e. The molecule has 3 N–H and O–H groups in total. The molecule has 11 heteroatoms. The number of nitrogens with zero attached hydrogens (tertiary/aromatic N) is 1. The summed E-state index contributed by atoms with van der Waals surface area (Å²) in [5.74, 6) is -2.23. The SMILES string of the molecule is CCOC1(NC(=O)C(NC(=O)OC(C)(C)C)c2ccccc2)C(=O)N2C(C(=O)O)=C(C)CS[C@@H]21. The Morgan fingerprint density at radius 2 is 1.91 bits per heavy atom. The van der Waals surface area contributed by atoms with Crippen molar-refractivity contribution >= 4 is 35.6 Å². The second-order valence-corrected chi connectivity index (χ2v) is 9.99. The monoisotopic (exact) mass is 491 g/mol. The quantitative estimate of drug-likeness (QED) is 0.391. The Labute approximate surface area is 202 Å². The molecular formula is C23H29N3O7S. The molecule has 2 unspecified atom stereocenters. The zero-order valence-corrected chi connectivity index (χ0v) is 20.5. The van der Waals surface area contributed by atoms with Gasteiger partial charge in [-0.05, 0) is 45.8 Å². The van der Waals surface area contributed by atoms with Crippen LogP contribution in [0.2, 0.25) is 0 Å². The predicted molar refractivity (Wildman–Crippen MR) is 124 cm³/mol. The van der Waals surface area contributed by atoms with Crippen LogP contribution in [0.15, 0.2) is 41.6 Å². The third-order valence-corrected chi connectivity index (χ3v) is 6.62. The first-order valence-electron chi connectivity index (χ1n) is 10.8. The van der Waals surface area contributed by atoms with Gasteiger partial charge in [-0.15, -0.1) is 11.8 Å². The van der Waals surface area contributed by atoms with Gasteiger partial charge in [0.05, 0.1) is 0 Å². The molecule has 3 atom stereocenters. The molecule has 1 saturated heterocycles. The van der Waals surface area contributed by atoms with Gasteiger partial charge < -0.3 is 25.2 Å². The molecule has 2 heterocycles. The Bertz CT molecular complexity index is 1020. The second-order valence-electron chi connectivity index (χ2n) is 8.92. The summed E-state index contributed by atoms with van der Waals surface area (Å²) in [4.78, 5) is 52.1. The van der Waals surface area contributed by atoms with Crippen molar-refractivity contribution < 1.29 is 33.8 Å². The van der Waals surface area contributed by atoms with Gasteiger partial charge in [0.2, 0.25) is 5.91 Å². The van der Waals surface area contributed by atoms with Gasteiger partial charge in [0, 0.05) is 12.4 Å². The third-order valence-electron chi connectivity index (χ3n) is 5.16. The van der Waals surface area contributed by atoms with Gasteiger partial charge in [0.15, 0.2) is 0 Å². The van der Waals surface area contributed by atoms with Gasteiger partial charge in [-0.25, -0.2) is 9.59 Å². The minimum Gasteiger partial charge on any atom is -0.477 e. The van der Waals surface area contributed by atoms with E-state index in [1.165, 1.54) is 11.8 Å². The van der Waals surface area contributed by atoms with E-state index in [1.807, 2.05) is 0 Å². The summed E-state index contributed by atoms with van der Waals surface area (Å²) < 4.78 is 11.1. The van der Waals surface area contributed by atoms with Crippen LogP contribution in [0.1, 0.15) is 46.2 Å². The lowest BCUT2D eigenvalue weighted by atomic mass is 9.97. The maximum absolute atomic E-state index is 13.5. The van der Waals surface area contributed by atoms with E-state index in [4.69, 9.17) is 9.47 Å². The standard InChI is InChI=1S/C23H29N3O7S/c1-6-32-23(19(30)26-16(18(28)29)13(2)12-34-20(23)26)25-17(27)15(14-10-8-7-9-11-14)24-21(31)33-22(3,4)5/h7-11,15,20H,6,12H2,1-5H3,(H,24,31)(H,25,27)(H,28,29)/t15?,20-,23?/m1/s1. The van der Waals surface area contributed by atoms with Crippen LogP contribution in [-0.4, -0.2) is 62.9 Å². The first-order valence-corrected chi connectivity index (χ1v) is 11.8. The molecule has 3 rings (SSSR count). The lowest BCUT2D eigenvalue weighted by Crippen LogP contribution is -2.81. The van der Waals surface area contributed by atoms with Crippen LogP contribution >= 0.6 is 11.8 Å². The highest BCUT2D eigenvalue weighted by Gasteiger charge is 2.67. The molecule has 184 valence electrons. The van der Waals surface area contributed by atoms with E-state index < -0.39 is 46.6 Å². The first-order chi connectivity index (χ1) is 15.9. The van der Waals surface area contributed by atoms with E-state index in [1.54, 1.807) is 65.0 Å². The van der Waals surface area contributed by atoms with E-state index in [2.05, 4.69) is 10.6 Å². The van der Waals surface area contributed by atoms with Crippen molar-refractivity contribution in [1.29, 1.82) is 0 Å². The third kappa shape index (κ3) is 4.90. The van der Waals surface area contributed by atoms with Crippen LogP contribution in [-0.2, 0) is 23.9 Å². The molecule has 10 nitrogen and oxygen atoms in total. The van der Waals surface area contributed by atoms with Crippen LogP contribution in [0, 0.1) is 0 Å². The van der Waals surface area contributed by atoms with Gasteiger partial charge in [-0.3, -0.25) is 14.5 Å². The van der Waals surface area contributed by atoms with Crippen molar-refractivity contribution in [2.45, 2.75) is 57.4 Å². The molecule has 2 aliphatic heterocycles. The van der Waals surface area contributed by atoms with Crippen molar-refractivity contribution in [2.24, 2.45) is 0 Å². The molecule has 2 aliphatic rings. The molecule has 0 aromatic heterocycles. The highest BCUT2D eigenvalue weighted by Crippen LogP contribution is 2.47. The van der Waals surface area contributed by atoms with Gasteiger partial charge in [0.25, 0.3) is 11.6 Å². The number of benzene rings is 1. The Balaban J connectivity index is 1.90. The molecule has 0 spiro atoms. The number of fused-ring (bicyclic) bond motifs is 1. The average Bonchev–Trinajstić information content (AvgIpc) is 2.75. The number of carbonyl (C=O) groups excluding carboxylic acids is 3. The van der Waals surface area contributed by atoms with E-state index in [0.717, 1.165) is 4.90 Å². The molecule has 3 amide bonds. The zero-order chi connectivity index (χ0) is 25.3. The molecule has 0 saturated carbocycles. The molecule has 1 aromatic carbocycles. The number of ether oxygens (including phenoxy) is 2. The Morgan fingerprint density at radius 1 is 1.26 bits per heavy atom. The molecule has 0 radical (unpaired) electrons. The highest BCUT2D eigenvalue weighted by molar-refractivity contribution is 8.00. The highest BCUT2D eigenvalue weighted by atomic mass is 32.2. The Morgan fingerprint density at radius 3 is 2.47 bits per heavy atom. The molecule has 34 heavy (non-hydrogen) atoms. The van der Waals surface area contributed by atoms with Crippen molar-refractivity contribution in [3.63, 3.8) is 0 Å². The van der Waals surface area contributed by atoms with E-state index in [0.29, 0.717) is 16.9 Å². The number of hydrogen-bond donors (Lipinski definition) is 3. The van der Waals surface area contributed by atoms with Crippen LogP contribution in [0.5, 0.6) is 0 Å². The van der Waals surface area contributed by atoms with Crippen LogP contribution in [0.25, 0.3) is 0 Å². The summed E-state index contributed by atoms with van der Waals surface area (Å²) in [7, 11) is 0. The van der Waals surface area contributed by atoms with E-state index >= 15 is 0 Å². The fraction of sp³-hybridized carbons (Fsp3) is 0.478. The lowest BCUT2D eigenvalue weighted by Gasteiger charge is -2.56. The maximum Gasteiger partial charge on any atom is 0.408 e. The van der Waals surface area contributed by atoms with Crippen LogP contribution in [0.4, 0.5) is 4.79 Å². The number of aliphatic carboxylic acids is 1. The topological polar surface area (TPSA) is 134 Å². The van der Waals surface area contributed by atoms with E-state index in [9.17, 15) is 24.3 Å². The number of carboxylic acid groups (broad SMARTS) is 1. The van der Waals surface area contributed by atoms with E-state index in [-0.39, 0.29) is 12.3 Å². The lowest BCUT2D eigenvalue weighted by molar-refractivity contribution is -0.198. The molecular weight excluding hydrogens is 462 g/mol. The van der Waals surface area contributed by atoms with Gasteiger partial charge >= 0.3 is 12.1 Å². The number of hydrogen-bond acceptors (Lipinski definition) is 7. The van der Waals surface area contributed by atoms with Gasteiger partial charge in [-0.2, -0.15) is 0 Å². The summed E-state index contributed by atoms with van der Waals surface area (Å²) in [6.45, 7) is 8.51. The fourth-order valence-electron chi connectivity index (χ4n) is 3.82. The number of carbonyl (C=O) groups is 4. The van der Waals surface area contributed by atoms with Crippen molar-refractivity contribution in [3.05, 3.63) is 47.2 Å². The molecule has 0 bridgehead atoms. The zero-order valence-electron chi connectivity index (χ0n) is 19.7. The minimum atomic E-state index is -1.76. The first kappa shape index (κ1) is 25.6. The second kappa shape index (κ2) is 9.67. The number of carboxylic acids is 1. The number of amides is 3. The Hall–Kier alpha value is -3.05. The maximum atomic E-state index is 13.5. The average molecular weight is 492 g/mol. The molecule has 1 fully saturated rings. The summed E-state index contributed by atoms with van der Waals surface area (Å²) in [5, 5.41) is 14.1. The Kier molecular flexibility index (Phi) is 7.27. The minimum absolute atomic E-state index is 0.0948. The van der Waals surface area contributed by atoms with Gasteiger partial charge in [0.1, 0.15) is 22.7 Å². The summed E-state index contributed by atoms with van der Waals surface area (Å²) in [6, 6.07) is 7.33. The fourth-order valence-corrected chi connectivity index (χ4v) is 5.18. The van der Waals surface area contributed by atoms with Gasteiger partial charge in [-0.1, -0.05) is 30.3 Å². The number of thioether (sulfide) groups is 1. The molecule has 0 aliphatic carbocycles. The van der Waals surface area contributed by atoms with Crippen molar-refractivity contribution in [2.75, 3.05) is 12.4 Å². The number of rotatable bonds is 7. The number of alkyl carbamates (subject to hydrolysis) is 1. The summed E-state index contributed by atoms with van der Waals surface area (Å²) in [6.07, 6.45) is -0.803. The number of nitrogens with one attached hydrogen (secondary N) is 2. The largest absolute Gasteiger partial charge is 0.477 e. The van der Waals surface area contributed by atoms with Crippen LogP contribution < -0.4 is 10.6 Å². The molecule has 1 aromatic rings. The van der Waals surface area contributed by atoms with Crippen molar-refractivity contribution in [3.8, 4) is 0 Å². The normalized spacial score (nSPS) is 22.9. The van der Waals surface area contributed by atoms with Crippen LogP contribution in [0.3, 0.4) is 0 Å².